The lowest BCUT2D eigenvalue weighted by atomic mass is 10.0. The molecule has 1 aliphatic heterocycles. The Morgan fingerprint density at radius 3 is 3.20 bits per heavy atom. The Labute approximate surface area is 96.4 Å². The Balaban J connectivity index is 2.00. The standard InChI is InChI=1S/C12H17NOS/c15-9-13-6-5-10-3-4-12-11(8-10)2-1-7-14-12/h3-4,8,13,15H,1-2,5-7,9H2. The number of aryl methyl sites for hydroxylation is 1. The Morgan fingerprint density at radius 2 is 2.33 bits per heavy atom. The summed E-state index contributed by atoms with van der Waals surface area (Å²) in [6.45, 7) is 1.86. The number of ether oxygens (including phenoxy) is 1. The fourth-order valence-corrected chi connectivity index (χ4v) is 2.04. The van der Waals surface area contributed by atoms with Gasteiger partial charge in [0.1, 0.15) is 5.75 Å². The highest BCUT2D eigenvalue weighted by atomic mass is 32.1. The van der Waals surface area contributed by atoms with Crippen LogP contribution in [0.25, 0.3) is 0 Å². The number of rotatable bonds is 4. The van der Waals surface area contributed by atoms with Crippen LogP contribution in [0.5, 0.6) is 5.75 Å². The van der Waals surface area contributed by atoms with Gasteiger partial charge in [-0.15, -0.1) is 0 Å². The molecule has 1 aliphatic rings. The van der Waals surface area contributed by atoms with E-state index in [4.69, 9.17) is 4.74 Å². The second kappa shape index (κ2) is 5.42. The SMILES string of the molecule is SCNCCc1ccc2c(c1)CCCO2. The van der Waals surface area contributed by atoms with E-state index in [0.29, 0.717) is 0 Å². The smallest absolute Gasteiger partial charge is 0.122 e. The molecule has 0 aliphatic carbocycles. The number of thiol groups is 1. The van der Waals surface area contributed by atoms with E-state index in [-0.39, 0.29) is 0 Å². The van der Waals surface area contributed by atoms with Crippen molar-refractivity contribution in [3.05, 3.63) is 29.3 Å². The zero-order valence-corrected chi connectivity index (χ0v) is 9.72. The van der Waals surface area contributed by atoms with E-state index in [1.807, 2.05) is 0 Å². The first-order chi connectivity index (χ1) is 7.40. The van der Waals surface area contributed by atoms with Crippen LogP contribution >= 0.6 is 12.6 Å². The molecule has 1 N–H and O–H groups in total. The molecule has 1 aromatic carbocycles. The van der Waals surface area contributed by atoms with Gasteiger partial charge in [0, 0.05) is 5.88 Å². The van der Waals surface area contributed by atoms with Gasteiger partial charge in [-0.3, -0.25) is 0 Å². The predicted molar refractivity (Wildman–Crippen MR) is 65.8 cm³/mol. The molecule has 0 amide bonds. The summed E-state index contributed by atoms with van der Waals surface area (Å²) in [7, 11) is 0. The van der Waals surface area contributed by atoms with Gasteiger partial charge in [0.25, 0.3) is 0 Å². The van der Waals surface area contributed by atoms with Crippen LogP contribution in [0.15, 0.2) is 18.2 Å². The maximum atomic E-state index is 5.58. The average molecular weight is 223 g/mol. The van der Waals surface area contributed by atoms with Gasteiger partial charge in [0.15, 0.2) is 0 Å². The minimum Gasteiger partial charge on any atom is -0.493 e. The third-order valence-electron chi connectivity index (χ3n) is 2.68. The fourth-order valence-electron chi connectivity index (χ4n) is 1.88. The Bertz CT molecular complexity index is 327. The number of benzene rings is 1. The van der Waals surface area contributed by atoms with Gasteiger partial charge >= 0.3 is 0 Å². The van der Waals surface area contributed by atoms with E-state index in [2.05, 4.69) is 36.1 Å². The van der Waals surface area contributed by atoms with Crippen LogP contribution in [-0.2, 0) is 12.8 Å². The number of nitrogens with one attached hydrogen (secondary N) is 1. The minimum absolute atomic E-state index is 0.744. The van der Waals surface area contributed by atoms with Gasteiger partial charge in [-0.1, -0.05) is 12.1 Å². The number of fused-ring (bicyclic) bond motifs is 1. The molecule has 0 saturated carbocycles. The molecule has 0 aromatic heterocycles. The van der Waals surface area contributed by atoms with E-state index in [1.54, 1.807) is 0 Å². The van der Waals surface area contributed by atoms with Crippen LogP contribution < -0.4 is 10.1 Å². The largest absolute Gasteiger partial charge is 0.493 e. The highest BCUT2D eigenvalue weighted by Gasteiger charge is 2.09. The summed E-state index contributed by atoms with van der Waals surface area (Å²) >= 11 is 4.12. The average Bonchev–Trinajstić information content (AvgIpc) is 2.29. The van der Waals surface area contributed by atoms with Gasteiger partial charge < -0.3 is 10.1 Å². The molecular weight excluding hydrogens is 206 g/mol. The molecule has 0 spiro atoms. The van der Waals surface area contributed by atoms with Crippen molar-refractivity contribution in [2.45, 2.75) is 19.3 Å². The summed E-state index contributed by atoms with van der Waals surface area (Å²) in [6.07, 6.45) is 3.36. The summed E-state index contributed by atoms with van der Waals surface area (Å²) < 4.78 is 5.58. The van der Waals surface area contributed by atoms with Crippen LogP contribution in [-0.4, -0.2) is 19.0 Å². The van der Waals surface area contributed by atoms with E-state index in [1.165, 1.54) is 11.1 Å². The Kier molecular flexibility index (Phi) is 3.92. The summed E-state index contributed by atoms with van der Waals surface area (Å²) in [5, 5.41) is 3.21. The predicted octanol–water partition coefficient (Wildman–Crippen LogP) is 2.03. The second-order valence-electron chi connectivity index (χ2n) is 3.80. The topological polar surface area (TPSA) is 21.3 Å². The van der Waals surface area contributed by atoms with Gasteiger partial charge in [0.05, 0.1) is 6.61 Å². The fraction of sp³-hybridized carbons (Fsp3) is 0.500. The normalized spacial score (nSPS) is 14.5. The van der Waals surface area contributed by atoms with Crippen molar-refractivity contribution in [3.63, 3.8) is 0 Å². The van der Waals surface area contributed by atoms with Gasteiger partial charge in [-0.2, -0.15) is 12.6 Å². The highest BCUT2D eigenvalue weighted by molar-refractivity contribution is 7.80. The van der Waals surface area contributed by atoms with Gasteiger partial charge in [0.2, 0.25) is 0 Å². The second-order valence-corrected chi connectivity index (χ2v) is 4.12. The van der Waals surface area contributed by atoms with Crippen LogP contribution in [0.4, 0.5) is 0 Å². The molecule has 82 valence electrons. The lowest BCUT2D eigenvalue weighted by molar-refractivity contribution is 0.288. The van der Waals surface area contributed by atoms with E-state index >= 15 is 0 Å². The molecular formula is C12H17NOS. The maximum Gasteiger partial charge on any atom is 0.122 e. The van der Waals surface area contributed by atoms with E-state index < -0.39 is 0 Å². The quantitative estimate of drug-likeness (QED) is 0.463. The molecule has 0 atom stereocenters. The minimum atomic E-state index is 0.744. The first kappa shape index (κ1) is 10.8. The monoisotopic (exact) mass is 223 g/mol. The number of hydrogen-bond donors (Lipinski definition) is 2. The molecule has 0 unspecified atom stereocenters. The third kappa shape index (κ3) is 2.89. The van der Waals surface area contributed by atoms with Crippen LogP contribution in [0.1, 0.15) is 17.5 Å². The van der Waals surface area contributed by atoms with Crippen LogP contribution in [0.2, 0.25) is 0 Å². The van der Waals surface area contributed by atoms with E-state index in [0.717, 1.165) is 44.0 Å². The molecule has 2 rings (SSSR count). The zero-order valence-electron chi connectivity index (χ0n) is 8.83. The van der Waals surface area contributed by atoms with Crippen molar-refractivity contribution in [2.24, 2.45) is 0 Å². The van der Waals surface area contributed by atoms with Crippen molar-refractivity contribution >= 4 is 12.6 Å². The summed E-state index contributed by atoms with van der Waals surface area (Å²) in [5.41, 5.74) is 2.75. The molecule has 15 heavy (non-hydrogen) atoms. The van der Waals surface area contributed by atoms with Gasteiger partial charge in [-0.25, -0.2) is 0 Å². The number of hydrogen-bond acceptors (Lipinski definition) is 3. The van der Waals surface area contributed by atoms with Gasteiger partial charge in [-0.05, 0) is 43.0 Å². The summed E-state index contributed by atoms with van der Waals surface area (Å²) in [6, 6.07) is 6.53. The maximum absolute atomic E-state index is 5.58. The summed E-state index contributed by atoms with van der Waals surface area (Å²) in [4.78, 5) is 0. The van der Waals surface area contributed by atoms with Crippen LogP contribution in [0, 0.1) is 0 Å². The Hall–Kier alpha value is -0.670. The summed E-state index contributed by atoms with van der Waals surface area (Å²) in [5.74, 6) is 1.82. The molecule has 0 bridgehead atoms. The molecule has 0 radical (unpaired) electrons. The zero-order chi connectivity index (χ0) is 10.5. The van der Waals surface area contributed by atoms with Crippen molar-refractivity contribution in [1.29, 1.82) is 0 Å². The van der Waals surface area contributed by atoms with Crippen molar-refractivity contribution in [2.75, 3.05) is 19.0 Å². The van der Waals surface area contributed by atoms with Crippen molar-refractivity contribution < 1.29 is 4.74 Å². The molecule has 0 saturated heterocycles. The van der Waals surface area contributed by atoms with Crippen molar-refractivity contribution in [3.8, 4) is 5.75 Å². The lowest BCUT2D eigenvalue weighted by Crippen LogP contribution is -2.15. The molecule has 1 heterocycles. The molecule has 2 nitrogen and oxygen atoms in total. The van der Waals surface area contributed by atoms with E-state index in [9.17, 15) is 0 Å². The lowest BCUT2D eigenvalue weighted by Gasteiger charge is -2.17. The molecule has 1 aromatic rings. The van der Waals surface area contributed by atoms with Crippen molar-refractivity contribution in [1.82, 2.24) is 5.32 Å². The third-order valence-corrected chi connectivity index (χ3v) is 2.90. The Morgan fingerprint density at radius 1 is 1.40 bits per heavy atom. The molecule has 0 fully saturated rings. The highest BCUT2D eigenvalue weighted by Crippen LogP contribution is 2.25. The van der Waals surface area contributed by atoms with Crippen LogP contribution in [0.3, 0.4) is 0 Å². The first-order valence-corrected chi connectivity index (χ1v) is 6.09. The first-order valence-electron chi connectivity index (χ1n) is 5.46. The molecule has 3 heteroatoms.